The number of nitrogens with one attached hydrogen (secondary N) is 2. The van der Waals surface area contributed by atoms with Crippen LogP contribution in [0.2, 0.25) is 0 Å². The fourth-order valence-electron chi connectivity index (χ4n) is 4.59. The molecule has 9 nitrogen and oxygen atoms in total. The number of sulfonamides is 1. The molecule has 0 unspecified atom stereocenters. The highest BCUT2D eigenvalue weighted by molar-refractivity contribution is 7.89. The Morgan fingerprint density at radius 2 is 1.76 bits per heavy atom. The molecular formula is C27H30N4O5S. The van der Waals surface area contributed by atoms with Crippen molar-refractivity contribution in [2.45, 2.75) is 30.2 Å². The average molecular weight is 523 g/mol. The molecule has 10 heteroatoms. The highest BCUT2D eigenvalue weighted by Crippen LogP contribution is 2.22. The lowest BCUT2D eigenvalue weighted by Gasteiger charge is -2.33. The van der Waals surface area contributed by atoms with Crippen molar-refractivity contribution >= 4 is 38.5 Å². The van der Waals surface area contributed by atoms with Crippen molar-refractivity contribution in [2.24, 2.45) is 11.7 Å². The van der Waals surface area contributed by atoms with Crippen LogP contribution in [0.3, 0.4) is 0 Å². The first-order valence-electron chi connectivity index (χ1n) is 12.0. The first kappa shape index (κ1) is 26.3. The monoisotopic (exact) mass is 522 g/mol. The van der Waals surface area contributed by atoms with Crippen LogP contribution in [0.15, 0.2) is 71.6 Å². The Hall–Kier alpha value is -3.76. The van der Waals surface area contributed by atoms with Gasteiger partial charge in [0.1, 0.15) is 11.9 Å². The summed E-state index contributed by atoms with van der Waals surface area (Å²) in [7, 11) is -2.71. The molecule has 3 aromatic carbocycles. The van der Waals surface area contributed by atoms with Gasteiger partial charge in [0.15, 0.2) is 0 Å². The van der Waals surface area contributed by atoms with E-state index in [4.69, 9.17) is 15.9 Å². The van der Waals surface area contributed by atoms with E-state index in [1.165, 1.54) is 13.2 Å². The summed E-state index contributed by atoms with van der Waals surface area (Å²) in [6, 6.07) is 18.0. The molecule has 1 aliphatic rings. The minimum Gasteiger partial charge on any atom is -0.469 e. The number of carbonyl (C=O) groups excluding carboxylic acids is 2. The van der Waals surface area contributed by atoms with E-state index in [1.807, 2.05) is 24.3 Å². The smallest absolute Gasteiger partial charge is 0.308 e. The molecule has 1 amide bonds. The van der Waals surface area contributed by atoms with Crippen LogP contribution in [0.4, 0.5) is 0 Å². The number of piperidine rings is 1. The van der Waals surface area contributed by atoms with Gasteiger partial charge in [-0.2, -0.15) is 4.72 Å². The van der Waals surface area contributed by atoms with Crippen LogP contribution >= 0.6 is 0 Å². The Morgan fingerprint density at radius 3 is 2.43 bits per heavy atom. The summed E-state index contributed by atoms with van der Waals surface area (Å²) in [5.41, 5.74) is 6.77. The fraction of sp³-hybridized carbons (Fsp3) is 0.296. The first-order chi connectivity index (χ1) is 17.7. The van der Waals surface area contributed by atoms with Gasteiger partial charge >= 0.3 is 5.97 Å². The Labute approximate surface area is 216 Å². The number of nitrogens with two attached hydrogens (primary N) is 1. The maximum atomic E-state index is 13.6. The Bertz CT molecular complexity index is 1430. The number of hydrogen-bond donors (Lipinski definition) is 3. The maximum Gasteiger partial charge on any atom is 0.308 e. The van der Waals surface area contributed by atoms with E-state index in [0.717, 1.165) is 10.8 Å². The van der Waals surface area contributed by atoms with Crippen LogP contribution in [0.5, 0.6) is 0 Å². The topological polar surface area (TPSA) is 143 Å². The van der Waals surface area contributed by atoms with Gasteiger partial charge in [-0.05, 0) is 53.8 Å². The van der Waals surface area contributed by atoms with Gasteiger partial charge in [0.2, 0.25) is 15.9 Å². The van der Waals surface area contributed by atoms with Crippen LogP contribution in [-0.2, 0) is 30.8 Å². The van der Waals surface area contributed by atoms with E-state index in [9.17, 15) is 18.0 Å². The molecule has 1 atom stereocenters. The molecule has 0 aromatic heterocycles. The van der Waals surface area contributed by atoms with E-state index >= 15 is 0 Å². The number of benzene rings is 3. The summed E-state index contributed by atoms with van der Waals surface area (Å²) in [6.07, 6.45) is 0.967. The number of rotatable bonds is 8. The van der Waals surface area contributed by atoms with Gasteiger partial charge in [-0.1, -0.05) is 48.5 Å². The van der Waals surface area contributed by atoms with E-state index in [-0.39, 0.29) is 34.9 Å². The predicted molar refractivity (Wildman–Crippen MR) is 141 cm³/mol. The molecule has 1 saturated heterocycles. The summed E-state index contributed by atoms with van der Waals surface area (Å²) in [5, 5.41) is 9.38. The van der Waals surface area contributed by atoms with E-state index < -0.39 is 16.1 Å². The fourth-order valence-corrected chi connectivity index (χ4v) is 5.82. The SMILES string of the molecule is COC(=O)C1CCN(C(=O)[C@H](Cc2cccc(C(=N)N)c2)NS(=O)(=O)c2ccc3ccccc3c2)CC1. The van der Waals surface area contributed by atoms with Crippen molar-refractivity contribution < 1.29 is 22.7 Å². The minimum absolute atomic E-state index is 0.0610. The van der Waals surface area contributed by atoms with Crippen molar-refractivity contribution in [3.8, 4) is 0 Å². The second-order valence-electron chi connectivity index (χ2n) is 9.12. The molecule has 37 heavy (non-hydrogen) atoms. The van der Waals surface area contributed by atoms with Gasteiger partial charge in [-0.15, -0.1) is 0 Å². The molecule has 0 radical (unpaired) electrons. The molecule has 4 rings (SSSR count). The van der Waals surface area contributed by atoms with E-state index in [1.54, 1.807) is 41.3 Å². The molecule has 194 valence electrons. The highest BCUT2D eigenvalue weighted by atomic mass is 32.2. The van der Waals surface area contributed by atoms with Crippen molar-refractivity contribution in [3.63, 3.8) is 0 Å². The lowest BCUT2D eigenvalue weighted by Crippen LogP contribution is -2.52. The van der Waals surface area contributed by atoms with Crippen molar-refractivity contribution in [3.05, 3.63) is 77.9 Å². The van der Waals surface area contributed by atoms with Gasteiger partial charge in [-0.25, -0.2) is 8.42 Å². The number of nitrogens with zero attached hydrogens (tertiary/aromatic N) is 1. The third-order valence-electron chi connectivity index (χ3n) is 6.65. The highest BCUT2D eigenvalue weighted by Gasteiger charge is 2.33. The average Bonchev–Trinajstić information content (AvgIpc) is 2.91. The molecule has 0 spiro atoms. The largest absolute Gasteiger partial charge is 0.469 e. The lowest BCUT2D eigenvalue weighted by molar-refractivity contribution is -0.149. The molecule has 1 aliphatic heterocycles. The Kier molecular flexibility index (Phi) is 7.89. The third-order valence-corrected chi connectivity index (χ3v) is 8.12. The zero-order valence-corrected chi connectivity index (χ0v) is 21.3. The molecule has 4 N–H and O–H groups in total. The summed E-state index contributed by atoms with van der Waals surface area (Å²) >= 11 is 0. The van der Waals surface area contributed by atoms with Crippen molar-refractivity contribution in [2.75, 3.05) is 20.2 Å². The summed E-state index contributed by atoms with van der Waals surface area (Å²) in [4.78, 5) is 27.1. The Balaban J connectivity index is 1.61. The second-order valence-corrected chi connectivity index (χ2v) is 10.8. The molecule has 3 aromatic rings. The maximum absolute atomic E-state index is 13.6. The number of ether oxygens (including phenoxy) is 1. The van der Waals surface area contributed by atoms with Crippen LogP contribution in [-0.4, -0.2) is 57.3 Å². The van der Waals surface area contributed by atoms with Gasteiger partial charge in [0.25, 0.3) is 0 Å². The number of methoxy groups -OCH3 is 1. The second kappa shape index (κ2) is 11.1. The number of nitrogen functional groups attached to an aromatic ring is 1. The van der Waals surface area contributed by atoms with Gasteiger partial charge in [0.05, 0.1) is 17.9 Å². The number of amidine groups is 1. The van der Waals surface area contributed by atoms with Gasteiger partial charge in [-0.3, -0.25) is 15.0 Å². The molecule has 1 heterocycles. The Morgan fingerprint density at radius 1 is 1.05 bits per heavy atom. The van der Waals surface area contributed by atoms with Crippen LogP contribution in [0, 0.1) is 11.3 Å². The number of carbonyl (C=O) groups is 2. The number of hydrogen-bond acceptors (Lipinski definition) is 6. The number of amides is 1. The van der Waals surface area contributed by atoms with Crippen LogP contribution < -0.4 is 10.5 Å². The van der Waals surface area contributed by atoms with Gasteiger partial charge < -0.3 is 15.4 Å². The molecular weight excluding hydrogens is 492 g/mol. The molecule has 1 fully saturated rings. The lowest BCUT2D eigenvalue weighted by atomic mass is 9.96. The summed E-state index contributed by atoms with van der Waals surface area (Å²) in [6.45, 7) is 0.639. The molecule has 0 aliphatic carbocycles. The third kappa shape index (κ3) is 6.15. The summed E-state index contributed by atoms with van der Waals surface area (Å²) in [5.74, 6) is -1.08. The molecule has 0 saturated carbocycles. The zero-order valence-electron chi connectivity index (χ0n) is 20.5. The number of likely N-dealkylation sites (tertiary alicyclic amines) is 1. The van der Waals surface area contributed by atoms with Gasteiger partial charge in [0, 0.05) is 18.7 Å². The first-order valence-corrected chi connectivity index (χ1v) is 13.5. The van der Waals surface area contributed by atoms with E-state index in [0.29, 0.717) is 37.1 Å². The van der Waals surface area contributed by atoms with Crippen molar-refractivity contribution in [1.82, 2.24) is 9.62 Å². The standard InChI is InChI=1S/C27H30N4O5S/c1-36-27(33)20-11-13-31(14-12-20)26(32)24(16-18-5-4-8-22(15-18)25(28)29)30-37(34,35)23-10-9-19-6-2-3-7-21(19)17-23/h2-10,15,17,20,24,30H,11-14,16H2,1H3,(H3,28,29)/t24-/m0/s1. The predicted octanol–water partition coefficient (Wildman–Crippen LogP) is 2.43. The quantitative estimate of drug-likeness (QED) is 0.236. The normalized spacial score (nSPS) is 15.3. The van der Waals surface area contributed by atoms with E-state index in [2.05, 4.69) is 4.72 Å². The van der Waals surface area contributed by atoms with Crippen LogP contribution in [0.25, 0.3) is 10.8 Å². The zero-order chi connectivity index (χ0) is 26.6. The summed E-state index contributed by atoms with van der Waals surface area (Å²) < 4.78 is 34.3. The van der Waals surface area contributed by atoms with Crippen molar-refractivity contribution in [1.29, 1.82) is 5.41 Å². The van der Waals surface area contributed by atoms with Crippen LogP contribution in [0.1, 0.15) is 24.0 Å². The molecule has 0 bridgehead atoms. The number of esters is 1. The number of fused-ring (bicyclic) bond motifs is 1. The minimum atomic E-state index is -4.05.